The minimum atomic E-state index is -0.00763. The molecule has 3 heteroatoms. The van der Waals surface area contributed by atoms with Crippen LogP contribution in [0.1, 0.15) is 38.2 Å². The summed E-state index contributed by atoms with van der Waals surface area (Å²) in [4.78, 5) is 2.54. The summed E-state index contributed by atoms with van der Waals surface area (Å²) in [6, 6.07) is 11.1. The van der Waals surface area contributed by atoms with Gasteiger partial charge in [0.1, 0.15) is 0 Å². The molecule has 1 aliphatic heterocycles. The lowest BCUT2D eigenvalue weighted by atomic mass is 9.81. The van der Waals surface area contributed by atoms with Gasteiger partial charge in [0.05, 0.1) is 0 Å². The Morgan fingerprint density at radius 1 is 1.30 bits per heavy atom. The first-order valence-corrected chi connectivity index (χ1v) is 7.80. The monoisotopic (exact) mass is 276 g/mol. The molecule has 112 valence electrons. The van der Waals surface area contributed by atoms with Gasteiger partial charge in [0.25, 0.3) is 0 Å². The van der Waals surface area contributed by atoms with Crippen molar-refractivity contribution in [2.75, 3.05) is 26.2 Å². The van der Waals surface area contributed by atoms with Crippen LogP contribution >= 0.6 is 0 Å². The van der Waals surface area contributed by atoms with Gasteiger partial charge in [-0.05, 0) is 31.4 Å². The molecule has 0 radical (unpaired) electrons. The van der Waals surface area contributed by atoms with Crippen molar-refractivity contribution in [3.63, 3.8) is 0 Å². The number of aliphatic hydroxyl groups excluding tert-OH is 1. The molecule has 2 rings (SSSR count). The van der Waals surface area contributed by atoms with E-state index < -0.39 is 0 Å². The second-order valence-corrected chi connectivity index (χ2v) is 6.26. The lowest BCUT2D eigenvalue weighted by Crippen LogP contribution is -2.49. The van der Waals surface area contributed by atoms with Crippen LogP contribution in [0.25, 0.3) is 0 Å². The Kier molecular flexibility index (Phi) is 5.58. The summed E-state index contributed by atoms with van der Waals surface area (Å²) in [6.07, 6.45) is 4.63. The van der Waals surface area contributed by atoms with E-state index in [4.69, 9.17) is 5.73 Å². The molecular formula is C17H28N2O. The number of hydrogen-bond donors (Lipinski definition) is 2. The van der Waals surface area contributed by atoms with E-state index in [2.05, 4.69) is 42.2 Å². The maximum Gasteiger partial charge on any atom is 0.0445 e. The third kappa shape index (κ3) is 3.60. The summed E-state index contributed by atoms with van der Waals surface area (Å²) in [5.41, 5.74) is 7.41. The van der Waals surface area contributed by atoms with Gasteiger partial charge in [0, 0.05) is 31.2 Å². The SMILES string of the molecule is CC(CN)(CN1CCCCC1CCO)c1ccccc1. The van der Waals surface area contributed by atoms with E-state index in [1.807, 2.05) is 0 Å². The molecule has 2 atom stereocenters. The van der Waals surface area contributed by atoms with Gasteiger partial charge in [-0.1, -0.05) is 43.7 Å². The summed E-state index contributed by atoms with van der Waals surface area (Å²) in [6.45, 7) is 5.31. The molecule has 0 spiro atoms. The van der Waals surface area contributed by atoms with Crippen LogP contribution in [0.15, 0.2) is 30.3 Å². The number of likely N-dealkylation sites (tertiary alicyclic amines) is 1. The number of nitrogens with zero attached hydrogens (tertiary/aromatic N) is 1. The summed E-state index contributed by atoms with van der Waals surface area (Å²) in [5.74, 6) is 0. The zero-order valence-corrected chi connectivity index (χ0v) is 12.6. The Morgan fingerprint density at radius 2 is 2.05 bits per heavy atom. The molecule has 1 aliphatic rings. The van der Waals surface area contributed by atoms with Gasteiger partial charge in [0.15, 0.2) is 0 Å². The average Bonchev–Trinajstić information content (AvgIpc) is 2.50. The van der Waals surface area contributed by atoms with Crippen molar-refractivity contribution in [3.05, 3.63) is 35.9 Å². The molecule has 2 unspecified atom stereocenters. The molecule has 0 amide bonds. The van der Waals surface area contributed by atoms with Gasteiger partial charge in [0.2, 0.25) is 0 Å². The van der Waals surface area contributed by atoms with E-state index in [0.717, 1.165) is 19.5 Å². The van der Waals surface area contributed by atoms with E-state index in [1.54, 1.807) is 0 Å². The predicted octanol–water partition coefficient (Wildman–Crippen LogP) is 2.14. The van der Waals surface area contributed by atoms with Gasteiger partial charge >= 0.3 is 0 Å². The highest BCUT2D eigenvalue weighted by Gasteiger charge is 2.31. The number of hydrogen-bond acceptors (Lipinski definition) is 3. The topological polar surface area (TPSA) is 49.5 Å². The molecule has 1 aromatic carbocycles. The van der Waals surface area contributed by atoms with Crippen LogP contribution in [-0.2, 0) is 5.41 Å². The van der Waals surface area contributed by atoms with Crippen LogP contribution in [0.2, 0.25) is 0 Å². The van der Waals surface area contributed by atoms with Gasteiger partial charge in [-0.2, -0.15) is 0 Å². The van der Waals surface area contributed by atoms with Gasteiger partial charge in [-0.15, -0.1) is 0 Å². The third-order valence-electron chi connectivity index (χ3n) is 4.68. The number of piperidine rings is 1. The molecule has 1 saturated heterocycles. The Balaban J connectivity index is 2.11. The van der Waals surface area contributed by atoms with E-state index in [0.29, 0.717) is 12.6 Å². The van der Waals surface area contributed by atoms with Crippen molar-refractivity contribution < 1.29 is 5.11 Å². The van der Waals surface area contributed by atoms with Gasteiger partial charge < -0.3 is 10.8 Å². The molecule has 0 saturated carbocycles. The van der Waals surface area contributed by atoms with Crippen molar-refractivity contribution in [3.8, 4) is 0 Å². The Labute approximate surface area is 122 Å². The van der Waals surface area contributed by atoms with Crippen LogP contribution < -0.4 is 5.73 Å². The fourth-order valence-corrected chi connectivity index (χ4v) is 3.31. The fraction of sp³-hybridized carbons (Fsp3) is 0.647. The number of benzene rings is 1. The van der Waals surface area contributed by atoms with Crippen molar-refractivity contribution in [1.82, 2.24) is 4.90 Å². The van der Waals surface area contributed by atoms with Gasteiger partial charge in [-0.3, -0.25) is 4.90 Å². The molecule has 0 aliphatic carbocycles. The molecule has 1 fully saturated rings. The van der Waals surface area contributed by atoms with Crippen molar-refractivity contribution in [1.29, 1.82) is 0 Å². The molecule has 3 N–H and O–H groups in total. The minimum Gasteiger partial charge on any atom is -0.396 e. The predicted molar refractivity (Wildman–Crippen MR) is 83.8 cm³/mol. The molecular weight excluding hydrogens is 248 g/mol. The van der Waals surface area contributed by atoms with Crippen LogP contribution in [0.5, 0.6) is 0 Å². The zero-order valence-electron chi connectivity index (χ0n) is 12.6. The quantitative estimate of drug-likeness (QED) is 0.837. The maximum atomic E-state index is 9.26. The summed E-state index contributed by atoms with van der Waals surface area (Å²) >= 11 is 0. The zero-order chi connectivity index (χ0) is 14.4. The minimum absolute atomic E-state index is 0.00763. The van der Waals surface area contributed by atoms with Crippen LogP contribution in [0.4, 0.5) is 0 Å². The van der Waals surface area contributed by atoms with Gasteiger partial charge in [-0.25, -0.2) is 0 Å². The highest BCUT2D eigenvalue weighted by Crippen LogP contribution is 2.28. The first kappa shape index (κ1) is 15.5. The molecule has 0 bridgehead atoms. The Hall–Kier alpha value is -0.900. The van der Waals surface area contributed by atoms with Crippen molar-refractivity contribution in [2.24, 2.45) is 5.73 Å². The van der Waals surface area contributed by atoms with Crippen molar-refractivity contribution >= 4 is 0 Å². The maximum absolute atomic E-state index is 9.26. The highest BCUT2D eigenvalue weighted by atomic mass is 16.3. The lowest BCUT2D eigenvalue weighted by Gasteiger charge is -2.42. The van der Waals surface area contributed by atoms with E-state index in [-0.39, 0.29) is 12.0 Å². The molecule has 1 heterocycles. The summed E-state index contributed by atoms with van der Waals surface area (Å²) < 4.78 is 0. The molecule has 3 nitrogen and oxygen atoms in total. The molecule has 0 aromatic heterocycles. The van der Waals surface area contributed by atoms with E-state index >= 15 is 0 Å². The molecule has 1 aromatic rings. The van der Waals surface area contributed by atoms with E-state index in [1.165, 1.54) is 24.8 Å². The second kappa shape index (κ2) is 7.21. The Morgan fingerprint density at radius 3 is 2.70 bits per heavy atom. The standard InChI is InChI=1S/C17H28N2O/c1-17(13-18,15-7-3-2-4-8-15)14-19-11-6-5-9-16(19)10-12-20/h2-4,7-8,16,20H,5-6,9-14,18H2,1H3. The summed E-state index contributed by atoms with van der Waals surface area (Å²) in [7, 11) is 0. The van der Waals surface area contributed by atoms with Crippen molar-refractivity contribution in [2.45, 2.75) is 44.1 Å². The number of rotatable bonds is 6. The normalized spacial score (nSPS) is 23.4. The fourth-order valence-electron chi connectivity index (χ4n) is 3.31. The largest absolute Gasteiger partial charge is 0.396 e. The first-order chi connectivity index (χ1) is 9.69. The number of aliphatic hydroxyl groups is 1. The first-order valence-electron chi connectivity index (χ1n) is 7.80. The van der Waals surface area contributed by atoms with Crippen LogP contribution in [0.3, 0.4) is 0 Å². The van der Waals surface area contributed by atoms with E-state index in [9.17, 15) is 5.11 Å². The number of nitrogens with two attached hydrogens (primary N) is 1. The highest BCUT2D eigenvalue weighted by molar-refractivity contribution is 5.25. The smallest absolute Gasteiger partial charge is 0.0445 e. The lowest BCUT2D eigenvalue weighted by molar-refractivity contribution is 0.0965. The Bertz CT molecular complexity index is 393. The molecule has 20 heavy (non-hydrogen) atoms. The summed E-state index contributed by atoms with van der Waals surface area (Å²) in [5, 5.41) is 9.26. The van der Waals surface area contributed by atoms with Crippen LogP contribution in [-0.4, -0.2) is 42.3 Å². The second-order valence-electron chi connectivity index (χ2n) is 6.26. The van der Waals surface area contributed by atoms with Crippen LogP contribution in [0, 0.1) is 0 Å². The average molecular weight is 276 g/mol. The third-order valence-corrected chi connectivity index (χ3v) is 4.68.